The topological polar surface area (TPSA) is 58.2 Å². The number of nitrogens with one attached hydrogen (secondary N) is 1. The minimum atomic E-state index is -0.274. The first-order valence-electron chi connectivity index (χ1n) is 5.90. The van der Waals surface area contributed by atoms with E-state index >= 15 is 0 Å². The summed E-state index contributed by atoms with van der Waals surface area (Å²) in [7, 11) is 1.39. The van der Waals surface area contributed by atoms with E-state index in [1.807, 2.05) is 43.0 Å². The molecule has 0 saturated carbocycles. The molecule has 0 amide bonds. The molecular weight excluding hydrogens is 230 g/mol. The molecule has 2 aromatic rings. The molecule has 18 heavy (non-hydrogen) atoms. The van der Waals surface area contributed by atoms with E-state index < -0.39 is 0 Å². The fraction of sp³-hybridized carbons (Fsp3) is 0.385. The Bertz CT molecular complexity index is 515. The number of aromatic nitrogens is 2. The lowest BCUT2D eigenvalue weighted by atomic mass is 10.3. The van der Waals surface area contributed by atoms with Gasteiger partial charge in [0.25, 0.3) is 0 Å². The van der Waals surface area contributed by atoms with Gasteiger partial charge < -0.3 is 14.6 Å². The molecule has 1 aromatic carbocycles. The van der Waals surface area contributed by atoms with E-state index in [1.54, 1.807) is 0 Å². The second-order valence-corrected chi connectivity index (χ2v) is 4.38. The van der Waals surface area contributed by atoms with Crippen LogP contribution in [0.25, 0.3) is 11.0 Å². The van der Waals surface area contributed by atoms with E-state index in [-0.39, 0.29) is 18.6 Å². The van der Waals surface area contributed by atoms with Gasteiger partial charge in [-0.05, 0) is 26.0 Å². The fourth-order valence-corrected chi connectivity index (χ4v) is 1.78. The molecule has 0 saturated heterocycles. The first kappa shape index (κ1) is 12.4. The second-order valence-electron chi connectivity index (χ2n) is 4.38. The van der Waals surface area contributed by atoms with Gasteiger partial charge in [-0.25, -0.2) is 4.98 Å². The molecule has 5 nitrogen and oxygen atoms in total. The van der Waals surface area contributed by atoms with Crippen molar-refractivity contribution in [3.05, 3.63) is 24.3 Å². The second kappa shape index (κ2) is 5.08. The molecule has 0 unspecified atom stereocenters. The summed E-state index contributed by atoms with van der Waals surface area (Å²) in [6.45, 7) is 4.21. The Kier molecular flexibility index (Phi) is 3.50. The quantitative estimate of drug-likeness (QED) is 0.839. The van der Waals surface area contributed by atoms with Crippen LogP contribution in [0.15, 0.2) is 24.3 Å². The lowest BCUT2D eigenvalue weighted by Crippen LogP contribution is -2.37. The molecule has 0 radical (unpaired) electrons. The number of ether oxygens (including phenoxy) is 1. The summed E-state index contributed by atoms with van der Waals surface area (Å²) >= 11 is 0. The van der Waals surface area contributed by atoms with Crippen molar-refractivity contribution < 1.29 is 9.53 Å². The van der Waals surface area contributed by atoms with Crippen LogP contribution in [0.1, 0.15) is 13.8 Å². The maximum Gasteiger partial charge on any atom is 0.325 e. The molecule has 0 aliphatic rings. The molecule has 0 bridgehead atoms. The number of H-pyrrole nitrogens is 1. The van der Waals surface area contributed by atoms with Crippen LogP contribution < -0.4 is 4.90 Å². The number of carbonyl (C=O) groups excluding carboxylic acids is 1. The van der Waals surface area contributed by atoms with E-state index in [0.717, 1.165) is 11.0 Å². The zero-order valence-corrected chi connectivity index (χ0v) is 10.8. The van der Waals surface area contributed by atoms with Gasteiger partial charge >= 0.3 is 5.97 Å². The van der Waals surface area contributed by atoms with Crippen LogP contribution in [0, 0.1) is 0 Å². The highest BCUT2D eigenvalue weighted by Gasteiger charge is 2.18. The predicted octanol–water partition coefficient (Wildman–Crippen LogP) is 1.95. The number of hydrogen-bond acceptors (Lipinski definition) is 4. The number of esters is 1. The summed E-state index contributed by atoms with van der Waals surface area (Å²) in [5.41, 5.74) is 1.85. The third-order valence-electron chi connectivity index (χ3n) is 2.80. The molecule has 5 heteroatoms. The Morgan fingerprint density at radius 3 is 2.78 bits per heavy atom. The monoisotopic (exact) mass is 247 g/mol. The summed E-state index contributed by atoms with van der Waals surface area (Å²) in [5.74, 6) is 0.417. The van der Waals surface area contributed by atoms with E-state index in [0.29, 0.717) is 5.95 Å². The molecule has 0 fully saturated rings. The van der Waals surface area contributed by atoms with Gasteiger partial charge in [-0.2, -0.15) is 0 Å². The van der Waals surface area contributed by atoms with Crippen molar-refractivity contribution in [2.24, 2.45) is 0 Å². The van der Waals surface area contributed by atoms with Gasteiger partial charge in [0.05, 0.1) is 18.1 Å². The van der Waals surface area contributed by atoms with Crippen LogP contribution >= 0.6 is 0 Å². The minimum absolute atomic E-state index is 0.157. The van der Waals surface area contributed by atoms with E-state index in [2.05, 4.69) is 9.97 Å². The Morgan fingerprint density at radius 1 is 1.44 bits per heavy atom. The van der Waals surface area contributed by atoms with Crippen molar-refractivity contribution in [3.63, 3.8) is 0 Å². The van der Waals surface area contributed by atoms with E-state index in [9.17, 15) is 4.79 Å². The average Bonchev–Trinajstić information content (AvgIpc) is 2.78. The molecule has 0 spiro atoms. The first-order chi connectivity index (χ1) is 8.61. The minimum Gasteiger partial charge on any atom is -0.468 e. The maximum absolute atomic E-state index is 11.4. The largest absolute Gasteiger partial charge is 0.468 e. The molecule has 1 N–H and O–H groups in total. The summed E-state index contributed by atoms with van der Waals surface area (Å²) in [6.07, 6.45) is 0. The summed E-state index contributed by atoms with van der Waals surface area (Å²) in [4.78, 5) is 21.0. The average molecular weight is 247 g/mol. The van der Waals surface area contributed by atoms with Crippen LogP contribution in [0.4, 0.5) is 5.95 Å². The molecule has 0 aliphatic heterocycles. The molecule has 0 aliphatic carbocycles. The Morgan fingerprint density at radius 2 is 2.17 bits per heavy atom. The molecule has 1 aromatic heterocycles. The van der Waals surface area contributed by atoms with Gasteiger partial charge in [-0.3, -0.25) is 4.79 Å². The smallest absolute Gasteiger partial charge is 0.325 e. The van der Waals surface area contributed by atoms with Crippen molar-refractivity contribution in [1.29, 1.82) is 0 Å². The molecule has 2 rings (SSSR count). The lowest BCUT2D eigenvalue weighted by molar-refractivity contribution is -0.139. The highest BCUT2D eigenvalue weighted by molar-refractivity contribution is 5.79. The molecule has 0 atom stereocenters. The zero-order valence-electron chi connectivity index (χ0n) is 10.8. The number of fused-ring (bicyclic) bond motifs is 1. The zero-order chi connectivity index (χ0) is 13.1. The predicted molar refractivity (Wildman–Crippen MR) is 70.6 cm³/mol. The van der Waals surface area contributed by atoms with E-state index in [4.69, 9.17) is 4.74 Å². The van der Waals surface area contributed by atoms with Crippen LogP contribution in [0.5, 0.6) is 0 Å². The third-order valence-corrected chi connectivity index (χ3v) is 2.80. The van der Waals surface area contributed by atoms with E-state index in [1.165, 1.54) is 7.11 Å². The molecule has 1 heterocycles. The van der Waals surface area contributed by atoms with Gasteiger partial charge in [0.1, 0.15) is 6.54 Å². The van der Waals surface area contributed by atoms with Gasteiger partial charge in [0.15, 0.2) is 0 Å². The number of nitrogens with zero attached hydrogens (tertiary/aromatic N) is 2. The molecule has 96 valence electrons. The van der Waals surface area contributed by atoms with Crippen molar-refractivity contribution in [1.82, 2.24) is 9.97 Å². The number of carbonyl (C=O) groups is 1. The summed E-state index contributed by atoms with van der Waals surface area (Å²) < 4.78 is 4.70. The van der Waals surface area contributed by atoms with Gasteiger partial charge in [-0.1, -0.05) is 12.1 Å². The number of hydrogen-bond donors (Lipinski definition) is 1. The standard InChI is InChI=1S/C13H17N3O2/c1-9(2)16(8-12(17)18-3)13-14-10-6-4-5-7-11(10)15-13/h4-7,9H,8H2,1-3H3,(H,14,15). The van der Waals surface area contributed by atoms with Crippen molar-refractivity contribution in [2.75, 3.05) is 18.6 Å². The van der Waals surface area contributed by atoms with Gasteiger partial charge in [-0.15, -0.1) is 0 Å². The first-order valence-corrected chi connectivity index (χ1v) is 5.90. The summed E-state index contributed by atoms with van der Waals surface area (Å²) in [6, 6.07) is 7.94. The highest BCUT2D eigenvalue weighted by atomic mass is 16.5. The van der Waals surface area contributed by atoms with Crippen LogP contribution in [-0.4, -0.2) is 35.6 Å². The third kappa shape index (κ3) is 2.45. The van der Waals surface area contributed by atoms with Crippen molar-refractivity contribution >= 4 is 23.0 Å². The number of imidazole rings is 1. The lowest BCUT2D eigenvalue weighted by Gasteiger charge is -2.24. The van der Waals surface area contributed by atoms with Crippen LogP contribution in [-0.2, 0) is 9.53 Å². The Balaban J connectivity index is 2.32. The highest BCUT2D eigenvalue weighted by Crippen LogP contribution is 2.18. The Hall–Kier alpha value is -2.04. The number of rotatable bonds is 4. The number of anilines is 1. The SMILES string of the molecule is COC(=O)CN(c1nc2ccccc2[nH]1)C(C)C. The normalized spacial score (nSPS) is 10.9. The molecular formula is C13H17N3O2. The van der Waals surface area contributed by atoms with Crippen LogP contribution in [0.2, 0.25) is 0 Å². The van der Waals surface area contributed by atoms with Gasteiger partial charge in [0, 0.05) is 6.04 Å². The number of benzene rings is 1. The fourth-order valence-electron chi connectivity index (χ4n) is 1.78. The number of methoxy groups -OCH3 is 1. The Labute approximate surface area is 106 Å². The van der Waals surface area contributed by atoms with Gasteiger partial charge in [0.2, 0.25) is 5.95 Å². The number of para-hydroxylation sites is 2. The summed E-state index contributed by atoms with van der Waals surface area (Å²) in [5, 5.41) is 0. The maximum atomic E-state index is 11.4. The van der Waals surface area contributed by atoms with Crippen LogP contribution in [0.3, 0.4) is 0 Å². The van der Waals surface area contributed by atoms with Crippen molar-refractivity contribution in [2.45, 2.75) is 19.9 Å². The van der Waals surface area contributed by atoms with Crippen molar-refractivity contribution in [3.8, 4) is 0 Å². The number of aromatic amines is 1.